The van der Waals surface area contributed by atoms with E-state index in [-0.39, 0.29) is 124 Å². The van der Waals surface area contributed by atoms with E-state index in [1.807, 2.05) is 6.07 Å². The molecule has 12 rings (SSSR count). The predicted octanol–water partition coefficient (Wildman–Crippen LogP) is 3.71. The summed E-state index contributed by atoms with van der Waals surface area (Å²) < 4.78 is 38.3. The number of fused-ring (bicyclic) bond motifs is 15. The van der Waals surface area contributed by atoms with Crippen LogP contribution in [-0.2, 0) is 51.2 Å². The summed E-state index contributed by atoms with van der Waals surface area (Å²) in [6.45, 7) is 4.37. The molecule has 4 aliphatic heterocycles. The van der Waals surface area contributed by atoms with Gasteiger partial charge in [0.05, 0.1) is 55.8 Å². The maximum Gasteiger partial charge on any atom is 0.358 e. The molecule has 11 atom stereocenters. The number of benzene rings is 1. The first kappa shape index (κ1) is 72.4. The van der Waals surface area contributed by atoms with Crippen LogP contribution in [0.15, 0.2) is 56.9 Å². The fraction of sp³-hybridized carbons (Fsp3) is 0.406. The molecule has 11 unspecified atom stereocenters. The minimum absolute atomic E-state index is 0.0113. The number of pyridine rings is 1. The fourth-order valence-electron chi connectivity index (χ4n) is 12.4. The Labute approximate surface area is 599 Å². The second-order valence-electron chi connectivity index (χ2n) is 24.7. The van der Waals surface area contributed by atoms with Gasteiger partial charge >= 0.3 is 11.9 Å². The average molecular weight is 1490 g/mol. The summed E-state index contributed by atoms with van der Waals surface area (Å²) in [5.41, 5.74) is -2.72. The molecule has 7 aromatic heterocycles. The van der Waals surface area contributed by atoms with Crippen molar-refractivity contribution in [1.82, 2.24) is 71.0 Å². The number of aromatic nitrogens is 7. The number of esters is 2. The first-order valence-corrected chi connectivity index (χ1v) is 35.8. The number of ether oxygens (including phenoxy) is 6. The molecule has 10 N–H and O–H groups in total. The molecule has 11 heterocycles. The molecule has 1 aromatic carbocycles. The van der Waals surface area contributed by atoms with Crippen LogP contribution in [0.2, 0.25) is 0 Å². The number of rotatable bonds is 12. The number of carbonyl (C=O) groups excluding carboxylic acids is 7. The summed E-state index contributed by atoms with van der Waals surface area (Å²) in [6.07, 6.45) is -7.56. The average Bonchev–Trinajstić information content (AvgIpc) is 1.56. The van der Waals surface area contributed by atoms with Crippen molar-refractivity contribution in [2.24, 2.45) is 0 Å². The lowest BCUT2D eigenvalue weighted by Crippen LogP contribution is -2.62. The first-order valence-electron chi connectivity index (χ1n) is 31.4. The number of aromatic hydroxyl groups is 1. The van der Waals surface area contributed by atoms with Gasteiger partial charge in [-0.1, -0.05) is 12.1 Å². The number of cyclic esters (lactones) is 2. The van der Waals surface area contributed by atoms with Crippen LogP contribution in [-0.4, -0.2) is 221 Å². The summed E-state index contributed by atoms with van der Waals surface area (Å²) in [7, 11) is 6.51. The van der Waals surface area contributed by atoms with Crippen molar-refractivity contribution in [1.29, 1.82) is 5.26 Å². The van der Waals surface area contributed by atoms with Gasteiger partial charge in [-0.15, -0.1) is 56.7 Å². The maximum absolute atomic E-state index is 15.2. The number of nitriles is 1. The van der Waals surface area contributed by atoms with Gasteiger partial charge in [-0.3, -0.25) is 24.0 Å². The highest BCUT2D eigenvalue weighted by atomic mass is 32.1. The molecule has 0 aliphatic carbocycles. The highest BCUT2D eigenvalue weighted by Crippen LogP contribution is 2.43. The highest BCUT2D eigenvalue weighted by Gasteiger charge is 2.50. The predicted molar refractivity (Wildman–Crippen MR) is 366 cm³/mol. The van der Waals surface area contributed by atoms with Gasteiger partial charge in [-0.2, -0.15) is 9.99 Å². The van der Waals surface area contributed by atoms with E-state index in [0.29, 0.717) is 10.3 Å². The lowest BCUT2D eigenvalue weighted by Gasteiger charge is -2.48. The molecule has 0 saturated carbocycles. The monoisotopic (exact) mass is 1490 g/mol. The number of thiazole rings is 5. The Kier molecular flexibility index (Phi) is 21.3. The van der Waals surface area contributed by atoms with Crippen LogP contribution in [0.3, 0.4) is 0 Å². The molecule has 536 valence electrons. The molecule has 5 amide bonds. The van der Waals surface area contributed by atoms with Crippen LogP contribution >= 0.6 is 56.7 Å². The topological polar surface area (TPSA) is 449 Å². The van der Waals surface area contributed by atoms with E-state index in [9.17, 15) is 45.3 Å². The van der Waals surface area contributed by atoms with Crippen LogP contribution in [0.1, 0.15) is 125 Å². The number of nitrogens with one attached hydrogen (secondary N) is 5. The van der Waals surface area contributed by atoms with E-state index in [0.717, 1.165) is 56.7 Å². The van der Waals surface area contributed by atoms with Crippen molar-refractivity contribution in [3.63, 3.8) is 0 Å². The van der Waals surface area contributed by atoms with Gasteiger partial charge < -0.3 is 90.4 Å². The molecule has 1 fully saturated rings. The lowest BCUT2D eigenvalue weighted by molar-refractivity contribution is -0.280. The normalized spacial score (nSPS) is 23.9. The van der Waals surface area contributed by atoms with Crippen molar-refractivity contribution in [3.8, 4) is 44.5 Å². The van der Waals surface area contributed by atoms with Gasteiger partial charge in [0.2, 0.25) is 5.91 Å². The quantitative estimate of drug-likeness (QED) is 0.0473. The largest absolute Gasteiger partial charge is 0.506 e. The molecule has 12 bridgehead atoms. The van der Waals surface area contributed by atoms with E-state index >= 15 is 19.2 Å². The number of likely N-dealkylation sites (N-methyl/N-ethyl adjacent to an activating group) is 2. The van der Waals surface area contributed by atoms with Gasteiger partial charge in [-0.05, 0) is 66.5 Å². The number of aliphatic hydroxyl groups is 3. The Hall–Kier alpha value is -9.34. The number of allylic oxidation sites excluding steroid dienone is 1. The number of hydrogen-bond acceptors (Lipinski definition) is 32. The minimum atomic E-state index is -1.92. The van der Waals surface area contributed by atoms with Crippen molar-refractivity contribution in [2.75, 3.05) is 54.6 Å². The van der Waals surface area contributed by atoms with E-state index in [2.05, 4.69) is 41.5 Å². The SMILES string of the molecule is CO/C(C)=C1/NC(=O)C(C(C)O)NC(=O)c2csc(n2)-c2cc(O)c(-c3nc(C(=O)NC(C#N)CN(C)CCO)cs3)nc2-c2csc(n2)C2COC(=O)c3c4c5c(cccc5n3O)COC(=O)C(OC3CC(C)(O)C(N(C)C)C(C)O3)C(OC4)C(NC(=O)c3csc1n3)c1nc(cs1)C(=O)N2. The molecule has 38 heteroatoms. The zero-order valence-electron chi connectivity index (χ0n) is 55.5. The summed E-state index contributed by atoms with van der Waals surface area (Å²) in [5.74, 6) is -7.12. The number of hydrogen-bond donors (Lipinski definition) is 10. The Morgan fingerprint density at radius 1 is 0.873 bits per heavy atom. The molecule has 1 saturated heterocycles. The van der Waals surface area contributed by atoms with Gasteiger partial charge in [0, 0.05) is 62.9 Å². The number of amides is 5. The first-order chi connectivity index (χ1) is 48.7. The Bertz CT molecular complexity index is 4670. The molecule has 102 heavy (non-hydrogen) atoms. The smallest absolute Gasteiger partial charge is 0.358 e. The standard InChI is InChI=1S/C64H67N15O18S5/c1-26(81)43-56(87)75-44(27(2)92-8)59-70-38(25-100-59)55(86)76-47-49-50(97-41-15-64(4,90)51(77(5)6)28(3)96-41)63(89)94-18-29-10-9-11-39-42(29)32(19-93-49)48(79(39)91)62(88)95-20-33(67-53(84)36-24-102-61(47)72-36)58-68-34(21-99-58)45-31(57-69-37(22-98-57)54(85)74-43)14-40(82)46(73-45)60-71-35(23-101-60)52(83)66-30(16-65)17-78(7)12-13-80/h9-11,14,21-26,28,30,33,41,43,47,49-51,80-82,90-91H,12-13,15,17-20H2,1-8H3,(H,66,83)(H,67,84)(H,74,85)(H,75,87)(H,76,86)/b44-27+. The second-order valence-corrected chi connectivity index (χ2v) is 29.0. The second kappa shape index (κ2) is 29.9. The third kappa shape index (κ3) is 14.7. The Morgan fingerprint density at radius 3 is 2.26 bits per heavy atom. The van der Waals surface area contributed by atoms with Gasteiger partial charge in [0.15, 0.2) is 18.1 Å². The zero-order chi connectivity index (χ0) is 72.7. The molecule has 33 nitrogen and oxygen atoms in total. The highest BCUT2D eigenvalue weighted by molar-refractivity contribution is 7.14. The lowest BCUT2D eigenvalue weighted by atomic mass is 9.85. The third-order valence-electron chi connectivity index (χ3n) is 17.2. The summed E-state index contributed by atoms with van der Waals surface area (Å²) >= 11 is 4.52. The molecular formula is C64H67N15O18S5. The van der Waals surface area contributed by atoms with Gasteiger partial charge in [0.25, 0.3) is 23.6 Å². The van der Waals surface area contributed by atoms with Crippen LogP contribution < -0.4 is 26.6 Å². The number of methoxy groups -OCH3 is 1. The molecule has 4 aliphatic rings. The molecule has 8 aromatic rings. The van der Waals surface area contributed by atoms with Crippen molar-refractivity contribution < 1.29 is 87.6 Å². The van der Waals surface area contributed by atoms with Crippen LogP contribution in [0.4, 0.5) is 0 Å². The number of nitrogens with zero attached hydrogens (tertiary/aromatic N) is 10. The summed E-state index contributed by atoms with van der Waals surface area (Å²) in [4.78, 5) is 135. The molecule has 0 radical (unpaired) electrons. The van der Waals surface area contributed by atoms with Crippen LogP contribution in [0.25, 0.3) is 49.3 Å². The van der Waals surface area contributed by atoms with Gasteiger partial charge in [0.1, 0.15) is 126 Å². The Morgan fingerprint density at radius 2 is 1.55 bits per heavy atom. The van der Waals surface area contributed by atoms with Crippen molar-refractivity contribution in [3.05, 3.63) is 112 Å². The fourth-order valence-corrected chi connectivity index (χ4v) is 16.6. The molecule has 0 spiro atoms. The zero-order valence-corrected chi connectivity index (χ0v) is 59.6. The number of carbonyl (C=O) groups is 7. The molecular weight excluding hydrogens is 1430 g/mol. The van der Waals surface area contributed by atoms with E-state index < -0.39 is 139 Å². The van der Waals surface area contributed by atoms with E-state index in [1.165, 1.54) is 60.0 Å². The minimum Gasteiger partial charge on any atom is -0.506 e. The van der Waals surface area contributed by atoms with Crippen LogP contribution in [0, 0.1) is 11.3 Å². The van der Waals surface area contributed by atoms with Crippen molar-refractivity contribution >= 4 is 115 Å². The summed E-state index contributed by atoms with van der Waals surface area (Å²) in [6, 6.07) is 1.67. The van der Waals surface area contributed by atoms with E-state index in [4.69, 9.17) is 43.4 Å². The maximum atomic E-state index is 15.2. The van der Waals surface area contributed by atoms with Gasteiger partial charge in [-0.25, -0.2) is 39.5 Å². The third-order valence-corrected chi connectivity index (χ3v) is 21.7. The van der Waals surface area contributed by atoms with Crippen molar-refractivity contribution in [2.45, 2.75) is 114 Å². The Balaban J connectivity index is 1.02. The summed E-state index contributed by atoms with van der Waals surface area (Å²) in [5, 5.41) is 87.4. The number of aliphatic hydroxyl groups excluding tert-OH is 2. The van der Waals surface area contributed by atoms with Crippen LogP contribution in [0.5, 0.6) is 5.75 Å². The van der Waals surface area contributed by atoms with E-state index in [1.54, 1.807) is 56.9 Å².